The van der Waals surface area contributed by atoms with Crippen molar-refractivity contribution < 1.29 is 0 Å². The normalized spacial score (nSPS) is 13.1. The summed E-state index contributed by atoms with van der Waals surface area (Å²) in [4.78, 5) is 0. The van der Waals surface area contributed by atoms with Crippen LogP contribution in [0.2, 0.25) is 0 Å². The number of nitrogens with zero attached hydrogens (tertiary/aromatic N) is 4. The second-order valence-electron chi connectivity index (χ2n) is 5.25. The molecule has 2 heterocycles. The lowest BCUT2D eigenvalue weighted by atomic mass is 10.1. The molecule has 7 heteroatoms. The van der Waals surface area contributed by atoms with Crippen LogP contribution in [0.1, 0.15) is 56.9 Å². The Morgan fingerprint density at radius 1 is 1.38 bits per heavy atom. The smallest absolute Gasteiger partial charge is 0.106 e. The lowest BCUT2D eigenvalue weighted by Gasteiger charge is -2.21. The zero-order chi connectivity index (χ0) is 15.6. The molecule has 116 valence electrons. The Hall–Kier alpha value is -1.18. The molecule has 6 nitrogen and oxygen atoms in total. The number of rotatable bonds is 6. The molecule has 0 saturated heterocycles. The Labute approximate surface area is 133 Å². The van der Waals surface area contributed by atoms with Gasteiger partial charge in [0, 0.05) is 12.6 Å². The van der Waals surface area contributed by atoms with Crippen molar-refractivity contribution >= 4 is 15.9 Å². The number of hydrazine groups is 1. The lowest BCUT2D eigenvalue weighted by Crippen LogP contribution is -2.33. The first-order chi connectivity index (χ1) is 10.0. The van der Waals surface area contributed by atoms with Gasteiger partial charge in [-0.1, -0.05) is 6.92 Å². The van der Waals surface area contributed by atoms with Gasteiger partial charge in [0.1, 0.15) is 6.04 Å². The summed E-state index contributed by atoms with van der Waals surface area (Å²) in [5, 5.41) is 9.04. The van der Waals surface area contributed by atoms with Gasteiger partial charge in [0.2, 0.25) is 0 Å². The average molecular weight is 355 g/mol. The summed E-state index contributed by atoms with van der Waals surface area (Å²) in [6, 6.07) is 2.21. The Balaban J connectivity index is 2.54. The number of nitrogens with two attached hydrogens (primary N) is 1. The van der Waals surface area contributed by atoms with Crippen LogP contribution in [-0.2, 0) is 13.0 Å². The monoisotopic (exact) mass is 354 g/mol. The molecule has 21 heavy (non-hydrogen) atoms. The van der Waals surface area contributed by atoms with Crippen molar-refractivity contribution in [1.82, 2.24) is 25.0 Å². The number of hydrogen-bond donors (Lipinski definition) is 2. The largest absolute Gasteiger partial charge is 0.270 e. The fraction of sp³-hybridized carbons (Fsp3) is 0.571. The van der Waals surface area contributed by atoms with Crippen molar-refractivity contribution in [1.29, 1.82) is 0 Å². The maximum absolute atomic E-state index is 5.86. The van der Waals surface area contributed by atoms with Gasteiger partial charge in [0.15, 0.2) is 0 Å². The molecule has 0 aromatic carbocycles. The second-order valence-corrected chi connectivity index (χ2v) is 6.10. The van der Waals surface area contributed by atoms with Crippen molar-refractivity contribution in [2.24, 2.45) is 5.84 Å². The highest BCUT2D eigenvalue weighted by molar-refractivity contribution is 9.10. The standard InChI is InChI=1S/C14H23BrN6/c1-5-10-7-12(20(6-2)19-10)13(18-16)14-11(15)8-17-21(14)9(3)4/h7-9,13,18H,5-6,16H2,1-4H3. The fourth-order valence-electron chi connectivity index (χ4n) is 2.48. The first kappa shape index (κ1) is 16.2. The van der Waals surface area contributed by atoms with E-state index in [1.807, 2.05) is 15.6 Å². The first-order valence-electron chi connectivity index (χ1n) is 7.29. The highest BCUT2D eigenvalue weighted by Crippen LogP contribution is 2.30. The van der Waals surface area contributed by atoms with Gasteiger partial charge >= 0.3 is 0 Å². The van der Waals surface area contributed by atoms with E-state index in [1.165, 1.54) is 0 Å². The van der Waals surface area contributed by atoms with Gasteiger partial charge in [0.05, 0.1) is 27.8 Å². The Morgan fingerprint density at radius 3 is 2.62 bits per heavy atom. The van der Waals surface area contributed by atoms with Crippen LogP contribution in [0.25, 0.3) is 0 Å². The van der Waals surface area contributed by atoms with E-state index in [1.54, 1.807) is 0 Å². The van der Waals surface area contributed by atoms with Crippen LogP contribution in [0, 0.1) is 0 Å². The van der Waals surface area contributed by atoms with Gasteiger partial charge in [-0.05, 0) is 49.2 Å². The maximum atomic E-state index is 5.86. The van der Waals surface area contributed by atoms with E-state index in [9.17, 15) is 0 Å². The van der Waals surface area contributed by atoms with E-state index in [4.69, 9.17) is 5.84 Å². The van der Waals surface area contributed by atoms with Crippen molar-refractivity contribution in [2.45, 2.75) is 52.7 Å². The molecule has 0 aliphatic heterocycles. The molecule has 1 unspecified atom stereocenters. The van der Waals surface area contributed by atoms with Gasteiger partial charge in [-0.25, -0.2) is 5.43 Å². The van der Waals surface area contributed by atoms with E-state index in [2.05, 4.69) is 65.3 Å². The van der Waals surface area contributed by atoms with Crippen LogP contribution in [-0.4, -0.2) is 19.6 Å². The van der Waals surface area contributed by atoms with Crippen molar-refractivity contribution in [2.75, 3.05) is 0 Å². The van der Waals surface area contributed by atoms with Crippen LogP contribution in [0.5, 0.6) is 0 Å². The molecule has 0 spiro atoms. The molecule has 3 N–H and O–H groups in total. The summed E-state index contributed by atoms with van der Waals surface area (Å²) in [6.07, 6.45) is 2.72. The summed E-state index contributed by atoms with van der Waals surface area (Å²) >= 11 is 3.59. The molecule has 2 rings (SSSR count). The molecule has 0 radical (unpaired) electrons. The second kappa shape index (κ2) is 6.72. The van der Waals surface area contributed by atoms with Crippen LogP contribution < -0.4 is 11.3 Å². The minimum Gasteiger partial charge on any atom is -0.270 e. The molecule has 0 aliphatic rings. The molecular weight excluding hydrogens is 332 g/mol. The number of hydrogen-bond acceptors (Lipinski definition) is 4. The van der Waals surface area contributed by atoms with E-state index >= 15 is 0 Å². The molecule has 2 aromatic rings. The number of halogens is 1. The van der Waals surface area contributed by atoms with Crippen molar-refractivity contribution in [3.63, 3.8) is 0 Å². The quantitative estimate of drug-likeness (QED) is 0.617. The SMILES string of the molecule is CCc1cc(C(NN)c2c(Br)cnn2C(C)C)n(CC)n1. The van der Waals surface area contributed by atoms with Gasteiger partial charge < -0.3 is 0 Å². The predicted octanol–water partition coefficient (Wildman–Crippen LogP) is 2.56. The summed E-state index contributed by atoms with van der Waals surface area (Å²) in [5.74, 6) is 5.86. The highest BCUT2D eigenvalue weighted by Gasteiger charge is 2.25. The number of aromatic nitrogens is 4. The van der Waals surface area contributed by atoms with E-state index in [0.29, 0.717) is 0 Å². The Kier molecular flexibility index (Phi) is 5.18. The number of aryl methyl sites for hydroxylation is 2. The van der Waals surface area contributed by atoms with E-state index in [-0.39, 0.29) is 12.1 Å². The third kappa shape index (κ3) is 3.04. The molecule has 0 saturated carbocycles. The molecule has 0 bridgehead atoms. The van der Waals surface area contributed by atoms with E-state index < -0.39 is 0 Å². The zero-order valence-corrected chi connectivity index (χ0v) is 14.6. The van der Waals surface area contributed by atoms with Crippen LogP contribution in [0.4, 0.5) is 0 Å². The van der Waals surface area contributed by atoms with E-state index in [0.717, 1.165) is 34.5 Å². The zero-order valence-electron chi connectivity index (χ0n) is 13.0. The third-order valence-electron chi connectivity index (χ3n) is 3.54. The Bertz CT molecular complexity index is 601. The summed E-state index contributed by atoms with van der Waals surface area (Å²) < 4.78 is 4.92. The van der Waals surface area contributed by atoms with Gasteiger partial charge in [0.25, 0.3) is 0 Å². The van der Waals surface area contributed by atoms with Gasteiger partial charge in [-0.2, -0.15) is 10.2 Å². The van der Waals surface area contributed by atoms with Crippen molar-refractivity contribution in [3.8, 4) is 0 Å². The van der Waals surface area contributed by atoms with Gasteiger partial charge in [-0.3, -0.25) is 15.2 Å². The highest BCUT2D eigenvalue weighted by atomic mass is 79.9. The minimum absolute atomic E-state index is 0.156. The molecule has 1 atom stereocenters. The van der Waals surface area contributed by atoms with Crippen LogP contribution >= 0.6 is 15.9 Å². The summed E-state index contributed by atoms with van der Waals surface area (Å²) in [7, 11) is 0. The molecular formula is C14H23BrN6. The average Bonchev–Trinajstić information content (AvgIpc) is 3.05. The number of nitrogens with one attached hydrogen (secondary N) is 1. The predicted molar refractivity (Wildman–Crippen MR) is 86.8 cm³/mol. The first-order valence-corrected chi connectivity index (χ1v) is 8.08. The minimum atomic E-state index is -0.156. The van der Waals surface area contributed by atoms with Crippen LogP contribution in [0.15, 0.2) is 16.7 Å². The third-order valence-corrected chi connectivity index (χ3v) is 4.15. The topological polar surface area (TPSA) is 73.7 Å². The maximum Gasteiger partial charge on any atom is 0.106 e. The fourth-order valence-corrected chi connectivity index (χ4v) is 2.98. The summed E-state index contributed by atoms with van der Waals surface area (Å²) in [6.45, 7) is 9.20. The lowest BCUT2D eigenvalue weighted by molar-refractivity contribution is 0.458. The summed E-state index contributed by atoms with van der Waals surface area (Å²) in [5.41, 5.74) is 6.06. The van der Waals surface area contributed by atoms with Crippen LogP contribution in [0.3, 0.4) is 0 Å². The molecule has 2 aromatic heterocycles. The Morgan fingerprint density at radius 2 is 2.10 bits per heavy atom. The van der Waals surface area contributed by atoms with Gasteiger partial charge in [-0.15, -0.1) is 0 Å². The molecule has 0 amide bonds. The molecule has 0 aliphatic carbocycles. The molecule has 0 fully saturated rings. The van der Waals surface area contributed by atoms with Crippen molar-refractivity contribution in [3.05, 3.63) is 33.8 Å².